The van der Waals surface area contributed by atoms with Gasteiger partial charge in [0.25, 0.3) is 0 Å². The van der Waals surface area contributed by atoms with E-state index in [0.717, 1.165) is 11.1 Å². The summed E-state index contributed by atoms with van der Waals surface area (Å²) in [6.45, 7) is 0.649. The molecule has 1 aliphatic rings. The van der Waals surface area contributed by atoms with E-state index in [1.165, 1.54) is 12.1 Å². The number of hydrogen-bond acceptors (Lipinski definition) is 2. The molecule has 2 heterocycles. The molecule has 1 aromatic carbocycles. The van der Waals surface area contributed by atoms with E-state index in [4.69, 9.17) is 0 Å². The van der Waals surface area contributed by atoms with Crippen molar-refractivity contribution in [2.75, 3.05) is 6.54 Å². The Bertz CT molecular complexity index is 598. The van der Waals surface area contributed by atoms with Gasteiger partial charge in [-0.2, -0.15) is 0 Å². The maximum atomic E-state index is 13.1. The summed E-state index contributed by atoms with van der Waals surface area (Å²) in [6.07, 6.45) is 4.04. The average molecular weight is 270 g/mol. The van der Waals surface area contributed by atoms with Gasteiger partial charge in [0.2, 0.25) is 5.91 Å². The molecule has 3 nitrogen and oxygen atoms in total. The third-order valence-electron chi connectivity index (χ3n) is 3.75. The number of pyridine rings is 1. The maximum absolute atomic E-state index is 13.1. The molecule has 3 rings (SSSR count). The van der Waals surface area contributed by atoms with Gasteiger partial charge >= 0.3 is 0 Å². The van der Waals surface area contributed by atoms with Crippen molar-refractivity contribution < 1.29 is 9.18 Å². The smallest absolute Gasteiger partial charge is 0.220 e. The second-order valence-electron chi connectivity index (χ2n) is 5.08. The molecule has 1 aliphatic heterocycles. The summed E-state index contributed by atoms with van der Waals surface area (Å²) in [4.78, 5) is 15.6. The molecule has 0 radical (unpaired) electrons. The molecule has 2 atom stereocenters. The van der Waals surface area contributed by atoms with Crippen LogP contribution >= 0.6 is 0 Å². The quantitative estimate of drug-likeness (QED) is 0.931. The van der Waals surface area contributed by atoms with Crippen molar-refractivity contribution in [2.24, 2.45) is 5.92 Å². The van der Waals surface area contributed by atoms with Crippen LogP contribution in [0.25, 0.3) is 0 Å². The number of rotatable bonds is 3. The predicted octanol–water partition coefficient (Wildman–Crippen LogP) is 2.49. The Labute approximate surface area is 116 Å². The summed E-state index contributed by atoms with van der Waals surface area (Å²) < 4.78 is 13.1. The molecular formula is C16H15FN2O. The van der Waals surface area contributed by atoms with Gasteiger partial charge in [-0.25, -0.2) is 4.39 Å². The summed E-state index contributed by atoms with van der Waals surface area (Å²) in [5, 5.41) is 2.87. The first-order valence-electron chi connectivity index (χ1n) is 6.66. The number of nitrogens with zero attached hydrogens (tertiary/aromatic N) is 1. The van der Waals surface area contributed by atoms with E-state index in [0.29, 0.717) is 13.0 Å². The summed E-state index contributed by atoms with van der Waals surface area (Å²) in [6, 6.07) is 10.4. The third kappa shape index (κ3) is 2.54. The second-order valence-corrected chi connectivity index (χ2v) is 5.08. The van der Waals surface area contributed by atoms with Gasteiger partial charge in [-0.05, 0) is 35.2 Å². The minimum absolute atomic E-state index is 0.0586. The highest BCUT2D eigenvalue weighted by Crippen LogP contribution is 2.35. The zero-order valence-corrected chi connectivity index (χ0v) is 10.9. The van der Waals surface area contributed by atoms with Gasteiger partial charge in [0, 0.05) is 31.3 Å². The highest BCUT2D eigenvalue weighted by Gasteiger charge is 2.31. The van der Waals surface area contributed by atoms with Gasteiger partial charge < -0.3 is 5.32 Å². The van der Waals surface area contributed by atoms with Gasteiger partial charge in [-0.15, -0.1) is 0 Å². The van der Waals surface area contributed by atoms with Crippen molar-refractivity contribution in [1.82, 2.24) is 10.3 Å². The van der Waals surface area contributed by atoms with Crippen LogP contribution in [0.5, 0.6) is 0 Å². The summed E-state index contributed by atoms with van der Waals surface area (Å²) in [5.41, 5.74) is 2.07. The van der Waals surface area contributed by atoms with Crippen molar-refractivity contribution in [3.05, 3.63) is 65.7 Å². The Morgan fingerprint density at radius 2 is 2.00 bits per heavy atom. The van der Waals surface area contributed by atoms with Crippen LogP contribution in [-0.4, -0.2) is 17.4 Å². The molecule has 1 aromatic heterocycles. The lowest BCUT2D eigenvalue weighted by atomic mass is 9.81. The Balaban J connectivity index is 1.99. The van der Waals surface area contributed by atoms with Crippen LogP contribution in [-0.2, 0) is 4.79 Å². The van der Waals surface area contributed by atoms with Gasteiger partial charge in [0.1, 0.15) is 5.82 Å². The number of carbonyl (C=O) groups is 1. The summed E-state index contributed by atoms with van der Waals surface area (Å²) in [5.74, 6) is 0.0609. The minimum Gasteiger partial charge on any atom is -0.356 e. The van der Waals surface area contributed by atoms with Crippen molar-refractivity contribution in [2.45, 2.75) is 12.3 Å². The van der Waals surface area contributed by atoms with Crippen molar-refractivity contribution in [3.63, 3.8) is 0 Å². The normalized spacial score (nSPS) is 19.6. The van der Waals surface area contributed by atoms with Gasteiger partial charge in [0.05, 0.1) is 0 Å². The third-order valence-corrected chi connectivity index (χ3v) is 3.75. The number of nitrogens with one attached hydrogen (secondary N) is 1. The van der Waals surface area contributed by atoms with E-state index < -0.39 is 0 Å². The number of benzene rings is 1. The molecule has 1 N–H and O–H groups in total. The topological polar surface area (TPSA) is 42.0 Å². The highest BCUT2D eigenvalue weighted by molar-refractivity contribution is 5.78. The molecule has 20 heavy (non-hydrogen) atoms. The van der Waals surface area contributed by atoms with Crippen LogP contribution in [0.4, 0.5) is 4.39 Å². The molecule has 1 amide bonds. The van der Waals surface area contributed by atoms with E-state index in [9.17, 15) is 9.18 Å². The van der Waals surface area contributed by atoms with E-state index in [-0.39, 0.29) is 23.6 Å². The van der Waals surface area contributed by atoms with Crippen molar-refractivity contribution >= 4 is 5.91 Å². The molecule has 1 fully saturated rings. The first-order chi connectivity index (χ1) is 9.74. The minimum atomic E-state index is -0.251. The molecule has 0 spiro atoms. The lowest BCUT2D eigenvalue weighted by Crippen LogP contribution is -2.18. The molecular weight excluding hydrogens is 255 g/mol. The SMILES string of the molecule is O=C1CC(C(c2ccc(F)cc2)c2cccnc2)CN1. The van der Waals surface area contributed by atoms with E-state index in [2.05, 4.69) is 10.3 Å². The van der Waals surface area contributed by atoms with Crippen LogP contribution in [0, 0.1) is 11.7 Å². The summed E-state index contributed by atoms with van der Waals surface area (Å²) >= 11 is 0. The Kier molecular flexibility index (Phi) is 3.46. The molecule has 4 heteroatoms. The fraction of sp³-hybridized carbons (Fsp3) is 0.250. The Morgan fingerprint density at radius 1 is 1.20 bits per heavy atom. The van der Waals surface area contributed by atoms with Crippen molar-refractivity contribution in [1.29, 1.82) is 0 Å². The monoisotopic (exact) mass is 270 g/mol. The number of amides is 1. The lowest BCUT2D eigenvalue weighted by molar-refractivity contribution is -0.119. The Hall–Kier alpha value is -2.23. The van der Waals surface area contributed by atoms with Gasteiger partial charge in [-0.3, -0.25) is 9.78 Å². The first kappa shape index (κ1) is 12.8. The van der Waals surface area contributed by atoms with Crippen molar-refractivity contribution in [3.8, 4) is 0 Å². The van der Waals surface area contributed by atoms with Crippen LogP contribution in [0.15, 0.2) is 48.8 Å². The molecule has 0 bridgehead atoms. The van der Waals surface area contributed by atoms with Crippen LogP contribution < -0.4 is 5.32 Å². The fourth-order valence-corrected chi connectivity index (χ4v) is 2.83. The fourth-order valence-electron chi connectivity index (χ4n) is 2.83. The van der Waals surface area contributed by atoms with Crippen LogP contribution in [0.3, 0.4) is 0 Å². The van der Waals surface area contributed by atoms with E-state index in [1.54, 1.807) is 18.3 Å². The van der Waals surface area contributed by atoms with Crippen LogP contribution in [0.2, 0.25) is 0 Å². The zero-order valence-electron chi connectivity index (χ0n) is 10.9. The molecule has 2 aromatic rings. The maximum Gasteiger partial charge on any atom is 0.220 e. The predicted molar refractivity (Wildman–Crippen MR) is 73.6 cm³/mol. The molecule has 0 aliphatic carbocycles. The molecule has 102 valence electrons. The Morgan fingerprint density at radius 3 is 2.60 bits per heavy atom. The lowest BCUT2D eigenvalue weighted by Gasteiger charge is -2.23. The molecule has 1 saturated heterocycles. The first-order valence-corrected chi connectivity index (χ1v) is 6.66. The van der Waals surface area contributed by atoms with E-state index >= 15 is 0 Å². The highest BCUT2D eigenvalue weighted by atomic mass is 19.1. The standard InChI is InChI=1S/C16H15FN2O/c17-14-5-3-11(4-6-14)16(12-2-1-7-18-9-12)13-8-15(20)19-10-13/h1-7,9,13,16H,8,10H2,(H,19,20). The zero-order chi connectivity index (χ0) is 13.9. The average Bonchev–Trinajstić information content (AvgIpc) is 2.89. The van der Waals surface area contributed by atoms with E-state index in [1.807, 2.05) is 18.3 Å². The number of carbonyl (C=O) groups excluding carboxylic acids is 1. The largest absolute Gasteiger partial charge is 0.356 e. The number of aromatic nitrogens is 1. The number of halogens is 1. The van der Waals surface area contributed by atoms with Gasteiger partial charge in [0.15, 0.2) is 0 Å². The second kappa shape index (κ2) is 5.41. The molecule has 0 saturated carbocycles. The van der Waals surface area contributed by atoms with Gasteiger partial charge in [-0.1, -0.05) is 18.2 Å². The molecule has 2 unspecified atom stereocenters. The van der Waals surface area contributed by atoms with Crippen LogP contribution in [0.1, 0.15) is 23.5 Å². The summed E-state index contributed by atoms with van der Waals surface area (Å²) in [7, 11) is 0. The number of hydrogen-bond donors (Lipinski definition) is 1.